The lowest BCUT2D eigenvalue weighted by atomic mass is 9.93. The molecule has 0 bridgehead atoms. The Kier molecular flexibility index (Phi) is 4.45. The molecule has 0 saturated heterocycles. The van der Waals surface area contributed by atoms with Crippen LogP contribution < -0.4 is 15.8 Å². The van der Waals surface area contributed by atoms with Crippen molar-refractivity contribution >= 4 is 16.7 Å². The highest BCUT2D eigenvalue weighted by molar-refractivity contribution is 6.09. The normalized spacial score (nSPS) is 16.0. The van der Waals surface area contributed by atoms with E-state index in [4.69, 9.17) is 9.15 Å². The van der Waals surface area contributed by atoms with Gasteiger partial charge in [0, 0.05) is 17.5 Å². The zero-order chi connectivity index (χ0) is 20.9. The van der Waals surface area contributed by atoms with Crippen LogP contribution in [0.25, 0.3) is 11.0 Å². The number of phenolic OH excluding ortho intramolecular Hbond substituents is 2. The van der Waals surface area contributed by atoms with Crippen molar-refractivity contribution in [2.24, 2.45) is 5.10 Å². The molecule has 3 aromatic rings. The Morgan fingerprint density at radius 3 is 2.66 bits per heavy atom. The van der Waals surface area contributed by atoms with Crippen molar-refractivity contribution in [1.82, 2.24) is 5.43 Å². The maximum atomic E-state index is 12.0. The summed E-state index contributed by atoms with van der Waals surface area (Å²) in [5, 5.41) is 25.8. The van der Waals surface area contributed by atoms with Gasteiger partial charge in [0.15, 0.2) is 11.5 Å². The molecule has 0 fully saturated rings. The number of methoxy groups -OCH3 is 1. The van der Waals surface area contributed by atoms with Crippen molar-refractivity contribution in [1.29, 1.82) is 0 Å². The van der Waals surface area contributed by atoms with Crippen LogP contribution in [0.2, 0.25) is 0 Å². The molecule has 0 amide bonds. The fourth-order valence-electron chi connectivity index (χ4n) is 3.80. The van der Waals surface area contributed by atoms with Crippen molar-refractivity contribution in [3.05, 3.63) is 62.5 Å². The molecule has 0 aliphatic carbocycles. The molecular weight excluding hydrogens is 372 g/mol. The SMILES string of the molecule is COc1cc([C@H]2CC(c3c(C)cc4oc(=O)c(C)c(C)c4c3O)=NN2)ccc1O. The quantitative estimate of drug-likeness (QED) is 0.587. The van der Waals surface area contributed by atoms with Crippen molar-refractivity contribution in [3.8, 4) is 17.2 Å². The van der Waals surface area contributed by atoms with Gasteiger partial charge in [-0.2, -0.15) is 5.10 Å². The Balaban J connectivity index is 1.75. The minimum atomic E-state index is -0.400. The molecule has 2 aromatic carbocycles. The van der Waals surface area contributed by atoms with Crippen LogP contribution in [0.15, 0.2) is 38.6 Å². The van der Waals surface area contributed by atoms with Crippen LogP contribution in [-0.4, -0.2) is 23.0 Å². The number of hydrogen-bond acceptors (Lipinski definition) is 7. The molecule has 4 rings (SSSR count). The van der Waals surface area contributed by atoms with E-state index >= 15 is 0 Å². The predicted molar refractivity (Wildman–Crippen MR) is 110 cm³/mol. The fraction of sp³-hybridized carbons (Fsp3) is 0.273. The van der Waals surface area contributed by atoms with Crippen LogP contribution in [0.5, 0.6) is 17.2 Å². The van der Waals surface area contributed by atoms with E-state index in [-0.39, 0.29) is 17.5 Å². The number of phenols is 2. The van der Waals surface area contributed by atoms with Gasteiger partial charge < -0.3 is 24.8 Å². The van der Waals surface area contributed by atoms with E-state index in [1.807, 2.05) is 13.0 Å². The Morgan fingerprint density at radius 1 is 1.17 bits per heavy atom. The molecule has 29 heavy (non-hydrogen) atoms. The highest BCUT2D eigenvalue weighted by Gasteiger charge is 2.27. The molecule has 1 aliphatic rings. The molecule has 1 aliphatic heterocycles. The van der Waals surface area contributed by atoms with Gasteiger partial charge in [0.25, 0.3) is 0 Å². The minimum absolute atomic E-state index is 0.0637. The number of nitrogens with zero attached hydrogens (tertiary/aromatic N) is 1. The van der Waals surface area contributed by atoms with Crippen LogP contribution in [0.4, 0.5) is 0 Å². The summed E-state index contributed by atoms with van der Waals surface area (Å²) >= 11 is 0. The lowest BCUT2D eigenvalue weighted by Gasteiger charge is -2.14. The van der Waals surface area contributed by atoms with E-state index in [1.54, 1.807) is 32.0 Å². The number of hydrazone groups is 1. The molecular formula is C22H22N2O5. The summed E-state index contributed by atoms with van der Waals surface area (Å²) in [4.78, 5) is 12.0. The van der Waals surface area contributed by atoms with E-state index in [2.05, 4.69) is 10.5 Å². The second-order valence-corrected chi connectivity index (χ2v) is 7.31. The molecule has 2 heterocycles. The highest BCUT2D eigenvalue weighted by atomic mass is 16.5. The Morgan fingerprint density at radius 2 is 1.93 bits per heavy atom. The lowest BCUT2D eigenvalue weighted by molar-refractivity contribution is 0.372. The number of aromatic hydroxyl groups is 2. The Labute approximate surface area is 167 Å². The Hall–Kier alpha value is -3.48. The van der Waals surface area contributed by atoms with Crippen molar-refractivity contribution in [2.45, 2.75) is 33.2 Å². The van der Waals surface area contributed by atoms with Gasteiger partial charge in [-0.1, -0.05) is 6.07 Å². The minimum Gasteiger partial charge on any atom is -0.506 e. The van der Waals surface area contributed by atoms with E-state index in [1.165, 1.54) is 7.11 Å². The summed E-state index contributed by atoms with van der Waals surface area (Å²) in [5.74, 6) is 0.531. The maximum absolute atomic E-state index is 12.0. The summed E-state index contributed by atoms with van der Waals surface area (Å²) in [6, 6.07) is 6.80. The van der Waals surface area contributed by atoms with Crippen LogP contribution >= 0.6 is 0 Å². The summed E-state index contributed by atoms with van der Waals surface area (Å²) in [5.41, 5.74) is 7.26. The number of rotatable bonds is 3. The summed E-state index contributed by atoms with van der Waals surface area (Å²) in [6.45, 7) is 5.33. The number of aryl methyl sites for hydroxylation is 2. The zero-order valence-electron chi connectivity index (χ0n) is 16.7. The van der Waals surface area contributed by atoms with Crippen LogP contribution in [0, 0.1) is 20.8 Å². The summed E-state index contributed by atoms with van der Waals surface area (Å²) in [6.07, 6.45) is 0.544. The van der Waals surface area contributed by atoms with Crippen LogP contribution in [-0.2, 0) is 0 Å². The third-order valence-electron chi connectivity index (χ3n) is 5.56. The van der Waals surface area contributed by atoms with Gasteiger partial charge in [-0.05, 0) is 55.7 Å². The topological polar surface area (TPSA) is 104 Å². The first kappa shape index (κ1) is 18.9. The smallest absolute Gasteiger partial charge is 0.339 e. The summed E-state index contributed by atoms with van der Waals surface area (Å²) in [7, 11) is 1.50. The first-order valence-electron chi connectivity index (χ1n) is 9.27. The second-order valence-electron chi connectivity index (χ2n) is 7.31. The number of hydrogen-bond donors (Lipinski definition) is 3. The number of benzene rings is 2. The van der Waals surface area contributed by atoms with E-state index < -0.39 is 5.63 Å². The van der Waals surface area contributed by atoms with Gasteiger partial charge in [0.05, 0.1) is 24.2 Å². The Bertz CT molecular complexity index is 1230. The van der Waals surface area contributed by atoms with Crippen molar-refractivity contribution in [2.75, 3.05) is 7.11 Å². The van der Waals surface area contributed by atoms with Gasteiger partial charge in [0.2, 0.25) is 0 Å². The van der Waals surface area contributed by atoms with E-state index in [0.717, 1.165) is 11.1 Å². The predicted octanol–water partition coefficient (Wildman–Crippen LogP) is 3.58. The molecule has 7 nitrogen and oxygen atoms in total. The first-order chi connectivity index (χ1) is 13.8. The molecule has 0 radical (unpaired) electrons. The standard InChI is InChI=1S/C22H22N2O5/c1-10-7-18-20(11(2)12(3)22(27)29-18)21(26)19(10)15-9-14(23-24-15)13-5-6-16(25)17(8-13)28-4/h5-8,14,23,25-26H,9H2,1-4H3/t14-/m1/s1. The third-order valence-corrected chi connectivity index (χ3v) is 5.56. The first-order valence-corrected chi connectivity index (χ1v) is 9.27. The number of fused-ring (bicyclic) bond motifs is 1. The third kappa shape index (κ3) is 2.99. The second kappa shape index (κ2) is 6.84. The molecule has 0 unspecified atom stereocenters. The molecule has 1 atom stereocenters. The van der Waals surface area contributed by atoms with Crippen LogP contribution in [0.3, 0.4) is 0 Å². The fourth-order valence-corrected chi connectivity index (χ4v) is 3.80. The van der Waals surface area contributed by atoms with E-state index in [0.29, 0.717) is 45.5 Å². The van der Waals surface area contributed by atoms with Crippen LogP contribution in [0.1, 0.15) is 40.3 Å². The molecule has 0 saturated carbocycles. The highest BCUT2D eigenvalue weighted by Crippen LogP contribution is 2.38. The summed E-state index contributed by atoms with van der Waals surface area (Å²) < 4.78 is 10.6. The average Bonchev–Trinajstić information content (AvgIpc) is 3.16. The van der Waals surface area contributed by atoms with Crippen molar-refractivity contribution < 1.29 is 19.4 Å². The molecule has 3 N–H and O–H groups in total. The number of ether oxygens (including phenoxy) is 1. The van der Waals surface area contributed by atoms with Gasteiger partial charge >= 0.3 is 5.63 Å². The number of nitrogens with one attached hydrogen (secondary N) is 1. The maximum Gasteiger partial charge on any atom is 0.339 e. The molecule has 0 spiro atoms. The van der Waals surface area contributed by atoms with Gasteiger partial charge in [0.1, 0.15) is 11.3 Å². The van der Waals surface area contributed by atoms with E-state index in [9.17, 15) is 15.0 Å². The lowest BCUT2D eigenvalue weighted by Crippen LogP contribution is -2.10. The zero-order valence-corrected chi connectivity index (χ0v) is 16.7. The van der Waals surface area contributed by atoms with Gasteiger partial charge in [-0.25, -0.2) is 4.79 Å². The molecule has 7 heteroatoms. The molecule has 1 aromatic heterocycles. The molecule has 150 valence electrons. The average molecular weight is 394 g/mol. The van der Waals surface area contributed by atoms with Gasteiger partial charge in [-0.15, -0.1) is 0 Å². The van der Waals surface area contributed by atoms with Gasteiger partial charge in [-0.3, -0.25) is 0 Å². The largest absolute Gasteiger partial charge is 0.506 e. The monoisotopic (exact) mass is 394 g/mol. The van der Waals surface area contributed by atoms with Crippen molar-refractivity contribution in [3.63, 3.8) is 0 Å².